The maximum atomic E-state index is 5.34. The van der Waals surface area contributed by atoms with Gasteiger partial charge in [-0.15, -0.1) is 0 Å². The van der Waals surface area contributed by atoms with Gasteiger partial charge in [0.2, 0.25) is 0 Å². The minimum absolute atomic E-state index is 0.911. The molecule has 0 saturated heterocycles. The Bertz CT molecular complexity index is 654. The second kappa shape index (κ2) is 6.10. The van der Waals surface area contributed by atoms with Crippen molar-refractivity contribution < 1.29 is 4.74 Å². The number of methoxy groups -OCH3 is 1. The Morgan fingerprint density at radius 2 is 2.05 bits per heavy atom. The van der Waals surface area contributed by atoms with Gasteiger partial charge in [-0.1, -0.05) is 33.6 Å². The summed E-state index contributed by atoms with van der Waals surface area (Å²) in [5.74, 6) is 0.911. The maximum Gasteiger partial charge on any atom is 0.119 e. The summed E-state index contributed by atoms with van der Waals surface area (Å²) in [4.78, 5) is 2.47. The third-order valence-corrected chi connectivity index (χ3v) is 4.84. The number of benzene rings is 2. The van der Waals surface area contributed by atoms with E-state index in [0.29, 0.717) is 0 Å². The number of nitrogens with zero attached hydrogens (tertiary/aromatic N) is 1. The summed E-state index contributed by atoms with van der Waals surface area (Å²) in [6.07, 6.45) is 2.41. The first-order valence-electron chi connectivity index (χ1n) is 7.34. The fraction of sp³-hybridized carbons (Fsp3) is 0.333. The highest BCUT2D eigenvalue weighted by molar-refractivity contribution is 9.10. The molecule has 0 fully saturated rings. The van der Waals surface area contributed by atoms with Gasteiger partial charge in [0.05, 0.1) is 7.11 Å². The first-order valence-corrected chi connectivity index (χ1v) is 8.13. The van der Waals surface area contributed by atoms with Crippen molar-refractivity contribution in [2.24, 2.45) is 0 Å². The van der Waals surface area contributed by atoms with E-state index in [2.05, 4.69) is 58.1 Å². The largest absolute Gasteiger partial charge is 0.497 e. The van der Waals surface area contributed by atoms with Gasteiger partial charge in [0.25, 0.3) is 0 Å². The van der Waals surface area contributed by atoms with Crippen LogP contribution in [0.25, 0.3) is 0 Å². The Labute approximate surface area is 134 Å². The molecule has 1 aliphatic heterocycles. The SMILES string of the molecule is COc1ccc(Br)c(CN2CCCc3cc(C)ccc32)c1. The van der Waals surface area contributed by atoms with Crippen LogP contribution in [0.15, 0.2) is 40.9 Å². The third-order valence-electron chi connectivity index (χ3n) is 4.06. The van der Waals surface area contributed by atoms with Crippen LogP contribution < -0.4 is 9.64 Å². The lowest BCUT2D eigenvalue weighted by Gasteiger charge is -2.32. The smallest absolute Gasteiger partial charge is 0.119 e. The van der Waals surface area contributed by atoms with Gasteiger partial charge in [0.15, 0.2) is 0 Å². The lowest BCUT2D eigenvalue weighted by atomic mass is 9.99. The summed E-state index contributed by atoms with van der Waals surface area (Å²) in [6, 6.07) is 13.0. The zero-order valence-corrected chi connectivity index (χ0v) is 14.1. The number of hydrogen-bond acceptors (Lipinski definition) is 2. The molecule has 110 valence electrons. The van der Waals surface area contributed by atoms with E-state index in [-0.39, 0.29) is 0 Å². The van der Waals surface area contributed by atoms with E-state index in [9.17, 15) is 0 Å². The zero-order chi connectivity index (χ0) is 14.8. The average Bonchev–Trinajstić information content (AvgIpc) is 2.49. The van der Waals surface area contributed by atoms with E-state index in [1.54, 1.807) is 7.11 Å². The molecule has 3 rings (SSSR count). The monoisotopic (exact) mass is 345 g/mol. The van der Waals surface area contributed by atoms with Gasteiger partial charge in [0, 0.05) is 23.2 Å². The first kappa shape index (κ1) is 14.5. The highest BCUT2D eigenvalue weighted by Crippen LogP contribution is 2.31. The minimum Gasteiger partial charge on any atom is -0.497 e. The third kappa shape index (κ3) is 3.08. The summed E-state index contributed by atoms with van der Waals surface area (Å²) in [5.41, 5.74) is 5.46. The van der Waals surface area contributed by atoms with Gasteiger partial charge in [0.1, 0.15) is 5.75 Å². The molecule has 2 aromatic rings. The van der Waals surface area contributed by atoms with Gasteiger partial charge in [-0.25, -0.2) is 0 Å². The van der Waals surface area contributed by atoms with Crippen LogP contribution in [0, 0.1) is 6.92 Å². The Hall–Kier alpha value is -1.48. The number of halogens is 1. The molecule has 0 aromatic heterocycles. The molecule has 21 heavy (non-hydrogen) atoms. The van der Waals surface area contributed by atoms with Crippen molar-refractivity contribution in [3.05, 3.63) is 57.6 Å². The molecule has 0 saturated carbocycles. The first-order chi connectivity index (χ1) is 10.2. The molecule has 2 aromatic carbocycles. The number of anilines is 1. The fourth-order valence-corrected chi connectivity index (χ4v) is 3.34. The summed E-state index contributed by atoms with van der Waals surface area (Å²) in [6.45, 7) is 4.19. The molecule has 0 unspecified atom stereocenters. The summed E-state index contributed by atoms with van der Waals surface area (Å²) >= 11 is 3.66. The number of aryl methyl sites for hydroxylation is 2. The molecule has 0 amide bonds. The minimum atomic E-state index is 0.911. The van der Waals surface area contributed by atoms with E-state index < -0.39 is 0 Å². The zero-order valence-electron chi connectivity index (χ0n) is 12.5. The van der Waals surface area contributed by atoms with Gasteiger partial charge in [-0.3, -0.25) is 0 Å². The number of fused-ring (bicyclic) bond motifs is 1. The predicted molar refractivity (Wildman–Crippen MR) is 91.2 cm³/mol. The molecule has 0 aliphatic carbocycles. The van der Waals surface area contributed by atoms with Gasteiger partial charge in [-0.2, -0.15) is 0 Å². The molecular formula is C18H20BrNO. The molecular weight excluding hydrogens is 326 g/mol. The summed E-state index contributed by atoms with van der Waals surface area (Å²) in [5, 5.41) is 0. The van der Waals surface area contributed by atoms with Crippen molar-refractivity contribution in [1.82, 2.24) is 0 Å². The van der Waals surface area contributed by atoms with E-state index >= 15 is 0 Å². The standard InChI is InChI=1S/C18H20BrNO/c1-13-5-8-18-14(10-13)4-3-9-20(18)12-15-11-16(21-2)6-7-17(15)19/h5-8,10-11H,3-4,9,12H2,1-2H3. The average molecular weight is 346 g/mol. The van der Waals surface area contributed by atoms with Crippen molar-refractivity contribution >= 4 is 21.6 Å². The van der Waals surface area contributed by atoms with Crippen molar-refractivity contribution in [3.63, 3.8) is 0 Å². The van der Waals surface area contributed by atoms with Crippen LogP contribution >= 0.6 is 15.9 Å². The second-order valence-electron chi connectivity index (χ2n) is 5.61. The van der Waals surface area contributed by atoms with Crippen LogP contribution in [-0.2, 0) is 13.0 Å². The molecule has 3 heteroatoms. The number of hydrogen-bond donors (Lipinski definition) is 0. The number of rotatable bonds is 3. The molecule has 0 bridgehead atoms. The molecule has 0 N–H and O–H groups in total. The summed E-state index contributed by atoms with van der Waals surface area (Å²) < 4.78 is 6.49. The molecule has 1 heterocycles. The normalized spacial score (nSPS) is 14.0. The maximum absolute atomic E-state index is 5.34. The lowest BCUT2D eigenvalue weighted by Crippen LogP contribution is -2.29. The van der Waals surface area contributed by atoms with Crippen molar-refractivity contribution in [2.45, 2.75) is 26.3 Å². The Morgan fingerprint density at radius 3 is 2.86 bits per heavy atom. The van der Waals surface area contributed by atoms with Crippen LogP contribution in [0.2, 0.25) is 0 Å². The highest BCUT2D eigenvalue weighted by Gasteiger charge is 2.18. The highest BCUT2D eigenvalue weighted by atomic mass is 79.9. The lowest BCUT2D eigenvalue weighted by molar-refractivity contribution is 0.414. The van der Waals surface area contributed by atoms with Crippen molar-refractivity contribution in [3.8, 4) is 5.75 Å². The van der Waals surface area contributed by atoms with Crippen LogP contribution in [0.1, 0.15) is 23.1 Å². The molecule has 2 nitrogen and oxygen atoms in total. The Balaban J connectivity index is 1.90. The van der Waals surface area contributed by atoms with E-state index in [1.165, 1.54) is 35.2 Å². The van der Waals surface area contributed by atoms with Crippen LogP contribution in [-0.4, -0.2) is 13.7 Å². The molecule has 0 atom stereocenters. The predicted octanol–water partition coefficient (Wildman–Crippen LogP) is 4.72. The van der Waals surface area contributed by atoms with Gasteiger partial charge < -0.3 is 9.64 Å². The van der Waals surface area contributed by atoms with Crippen LogP contribution in [0.3, 0.4) is 0 Å². The van der Waals surface area contributed by atoms with E-state index in [0.717, 1.165) is 23.3 Å². The van der Waals surface area contributed by atoms with Gasteiger partial charge in [-0.05, 0) is 55.2 Å². The molecule has 0 radical (unpaired) electrons. The Kier molecular flexibility index (Phi) is 4.20. The van der Waals surface area contributed by atoms with Gasteiger partial charge >= 0.3 is 0 Å². The second-order valence-corrected chi connectivity index (χ2v) is 6.47. The number of ether oxygens (including phenoxy) is 1. The summed E-state index contributed by atoms with van der Waals surface area (Å²) in [7, 11) is 1.71. The molecule has 1 aliphatic rings. The van der Waals surface area contributed by atoms with E-state index in [4.69, 9.17) is 4.74 Å². The van der Waals surface area contributed by atoms with Crippen LogP contribution in [0.5, 0.6) is 5.75 Å². The van der Waals surface area contributed by atoms with Crippen LogP contribution in [0.4, 0.5) is 5.69 Å². The topological polar surface area (TPSA) is 12.5 Å². The fourth-order valence-electron chi connectivity index (χ4n) is 2.97. The Morgan fingerprint density at radius 1 is 1.19 bits per heavy atom. The molecule has 0 spiro atoms. The van der Waals surface area contributed by atoms with E-state index in [1.807, 2.05) is 6.07 Å². The van der Waals surface area contributed by atoms with Crippen molar-refractivity contribution in [2.75, 3.05) is 18.6 Å². The quantitative estimate of drug-likeness (QED) is 0.797. The van der Waals surface area contributed by atoms with Crippen molar-refractivity contribution in [1.29, 1.82) is 0 Å².